The van der Waals surface area contributed by atoms with Gasteiger partial charge in [-0.15, -0.1) is 0 Å². The standard InChI is InChI=1S/C19H22ClN2/c1-22-9-8-15-14-4-2-3-5-17(14)21-18(15)19(22)16-10-13(20)7-6-12(16)11-22/h2-5,7,12,16,19,21H,6,8-11H2,1H3/q+1/t12-,16+,19+,22-/m1/s1. The number of hydrogen-bond donors (Lipinski definition) is 1. The van der Waals surface area contributed by atoms with E-state index in [9.17, 15) is 0 Å². The number of H-pyrrole nitrogens is 1. The van der Waals surface area contributed by atoms with E-state index in [1.165, 1.54) is 47.0 Å². The molecule has 0 bridgehead atoms. The summed E-state index contributed by atoms with van der Waals surface area (Å²) in [6, 6.07) is 9.40. The molecule has 4 atom stereocenters. The van der Waals surface area contributed by atoms with Crippen molar-refractivity contribution in [3.05, 3.63) is 46.6 Å². The summed E-state index contributed by atoms with van der Waals surface area (Å²) in [4.78, 5) is 3.78. The number of rotatable bonds is 0. The fourth-order valence-electron chi connectivity index (χ4n) is 5.49. The molecule has 0 spiro atoms. The molecule has 114 valence electrons. The second-order valence-corrected chi connectivity index (χ2v) is 8.14. The normalized spacial score (nSPS) is 36.6. The number of nitrogens with zero attached hydrogens (tertiary/aromatic N) is 1. The van der Waals surface area contributed by atoms with Crippen LogP contribution in [0.25, 0.3) is 10.9 Å². The summed E-state index contributed by atoms with van der Waals surface area (Å²) in [6.45, 7) is 2.58. The van der Waals surface area contributed by atoms with Gasteiger partial charge in [-0.3, -0.25) is 0 Å². The maximum absolute atomic E-state index is 6.41. The lowest BCUT2D eigenvalue weighted by atomic mass is 9.79. The average Bonchev–Trinajstić information content (AvgIpc) is 3.01. The summed E-state index contributed by atoms with van der Waals surface area (Å²) in [5, 5.41) is 2.52. The van der Waals surface area contributed by atoms with Gasteiger partial charge >= 0.3 is 0 Å². The molecule has 2 aromatic rings. The molecule has 3 heterocycles. The third-order valence-corrected chi connectivity index (χ3v) is 6.73. The van der Waals surface area contributed by atoms with Crippen LogP contribution >= 0.6 is 11.6 Å². The van der Waals surface area contributed by atoms with Crippen LogP contribution in [0, 0.1) is 11.8 Å². The maximum Gasteiger partial charge on any atom is 0.133 e. The number of likely N-dealkylation sites (N-methyl/N-ethyl adjacent to an activating group) is 1. The molecule has 3 heteroatoms. The van der Waals surface area contributed by atoms with E-state index >= 15 is 0 Å². The van der Waals surface area contributed by atoms with E-state index in [0.717, 1.165) is 17.4 Å². The Hall–Kier alpha value is -1.25. The smallest absolute Gasteiger partial charge is 0.133 e. The second-order valence-electron chi connectivity index (χ2n) is 7.66. The molecule has 2 aliphatic heterocycles. The van der Waals surface area contributed by atoms with Crippen molar-refractivity contribution in [3.8, 4) is 0 Å². The first-order valence-corrected chi connectivity index (χ1v) is 8.82. The Morgan fingerprint density at radius 1 is 1.27 bits per heavy atom. The summed E-state index contributed by atoms with van der Waals surface area (Å²) >= 11 is 6.41. The van der Waals surface area contributed by atoms with Gasteiger partial charge in [0.25, 0.3) is 0 Å². The minimum atomic E-state index is 0.601. The summed E-state index contributed by atoms with van der Waals surface area (Å²) in [5.74, 6) is 1.50. The van der Waals surface area contributed by atoms with Crippen LogP contribution in [0.3, 0.4) is 0 Å². The number of halogens is 1. The molecule has 2 nitrogen and oxygen atoms in total. The third-order valence-electron chi connectivity index (χ3n) is 6.42. The van der Waals surface area contributed by atoms with Crippen molar-refractivity contribution in [1.29, 1.82) is 0 Å². The lowest BCUT2D eigenvalue weighted by Gasteiger charge is -2.41. The van der Waals surface area contributed by atoms with Gasteiger partial charge in [0.15, 0.2) is 0 Å². The van der Waals surface area contributed by atoms with Crippen LogP contribution in [-0.4, -0.2) is 29.6 Å². The Morgan fingerprint density at radius 2 is 2.14 bits per heavy atom. The number of quaternary nitrogens is 1. The third kappa shape index (κ3) is 1.65. The molecule has 0 radical (unpaired) electrons. The van der Waals surface area contributed by atoms with Gasteiger partial charge in [0.1, 0.15) is 6.04 Å². The average molecular weight is 314 g/mol. The highest BCUT2D eigenvalue weighted by molar-refractivity contribution is 6.29. The Bertz CT molecular complexity index is 790. The van der Waals surface area contributed by atoms with Crippen LogP contribution in [-0.2, 0) is 6.42 Å². The van der Waals surface area contributed by atoms with Crippen LogP contribution in [0.15, 0.2) is 35.4 Å². The van der Waals surface area contributed by atoms with E-state index in [0.29, 0.717) is 12.0 Å². The molecule has 1 N–H and O–H groups in total. The highest BCUT2D eigenvalue weighted by Gasteiger charge is 2.55. The number of para-hydroxylation sites is 1. The fourth-order valence-corrected chi connectivity index (χ4v) is 5.75. The Kier molecular flexibility index (Phi) is 2.64. The lowest BCUT2D eigenvalue weighted by molar-refractivity contribution is -0.932. The highest BCUT2D eigenvalue weighted by Crippen LogP contribution is 2.54. The van der Waals surface area contributed by atoms with Gasteiger partial charge in [-0.05, 0) is 24.5 Å². The fraction of sp³-hybridized carbons (Fsp3) is 0.474. The van der Waals surface area contributed by atoms with E-state index in [2.05, 4.69) is 42.4 Å². The number of aromatic amines is 1. The van der Waals surface area contributed by atoms with Gasteiger partial charge in [0, 0.05) is 34.2 Å². The van der Waals surface area contributed by atoms with Crippen molar-refractivity contribution >= 4 is 22.5 Å². The van der Waals surface area contributed by atoms with E-state index in [4.69, 9.17) is 11.6 Å². The highest BCUT2D eigenvalue weighted by atomic mass is 35.5. The van der Waals surface area contributed by atoms with E-state index in [1.54, 1.807) is 5.56 Å². The molecule has 1 aliphatic carbocycles. The molecular weight excluding hydrogens is 292 g/mol. The number of fused-ring (bicyclic) bond motifs is 7. The second kappa shape index (κ2) is 4.39. The predicted molar refractivity (Wildman–Crippen MR) is 90.8 cm³/mol. The summed E-state index contributed by atoms with van der Waals surface area (Å²) < 4.78 is 1.20. The molecule has 22 heavy (non-hydrogen) atoms. The van der Waals surface area contributed by atoms with Gasteiger partial charge in [0.05, 0.1) is 25.8 Å². The number of benzene rings is 1. The van der Waals surface area contributed by atoms with Gasteiger partial charge in [-0.2, -0.15) is 0 Å². The first-order chi connectivity index (χ1) is 10.7. The molecule has 1 aromatic carbocycles. The molecular formula is C19H22ClN2+. The van der Waals surface area contributed by atoms with E-state index < -0.39 is 0 Å². The lowest BCUT2D eigenvalue weighted by Crippen LogP contribution is -2.48. The zero-order chi connectivity index (χ0) is 14.9. The number of aromatic nitrogens is 1. The Balaban J connectivity index is 1.69. The molecule has 0 unspecified atom stereocenters. The predicted octanol–water partition coefficient (Wildman–Crippen LogP) is 4.37. The molecule has 0 saturated carbocycles. The van der Waals surface area contributed by atoms with Crippen LogP contribution < -0.4 is 0 Å². The first-order valence-electron chi connectivity index (χ1n) is 8.44. The topological polar surface area (TPSA) is 15.8 Å². The quantitative estimate of drug-likeness (QED) is 0.695. The van der Waals surface area contributed by atoms with Crippen molar-refractivity contribution in [2.45, 2.75) is 25.3 Å². The number of allylic oxidation sites excluding steroid dienone is 2. The van der Waals surface area contributed by atoms with Crippen LogP contribution in [0.2, 0.25) is 0 Å². The SMILES string of the molecule is C[N@+]12CCc3c([nH]c4ccccc34)[C@@H]1[C@H]1CC(Cl)=CC[C@@H]1C2. The largest absolute Gasteiger partial charge is 0.353 e. The van der Waals surface area contributed by atoms with Gasteiger partial charge in [-0.1, -0.05) is 35.9 Å². The minimum absolute atomic E-state index is 0.601. The Labute approximate surface area is 136 Å². The molecule has 1 saturated heterocycles. The molecule has 1 fully saturated rings. The van der Waals surface area contributed by atoms with Crippen molar-refractivity contribution in [2.75, 3.05) is 20.1 Å². The molecule has 3 aliphatic rings. The van der Waals surface area contributed by atoms with Gasteiger partial charge < -0.3 is 9.47 Å². The van der Waals surface area contributed by atoms with Crippen LogP contribution in [0.5, 0.6) is 0 Å². The van der Waals surface area contributed by atoms with Crippen molar-refractivity contribution in [1.82, 2.24) is 4.98 Å². The molecule has 0 amide bonds. The summed E-state index contributed by atoms with van der Waals surface area (Å²) in [6.07, 6.45) is 5.70. The van der Waals surface area contributed by atoms with Crippen LogP contribution in [0.4, 0.5) is 0 Å². The van der Waals surface area contributed by atoms with Gasteiger partial charge in [0.2, 0.25) is 0 Å². The van der Waals surface area contributed by atoms with E-state index in [-0.39, 0.29) is 0 Å². The number of hydrogen-bond acceptors (Lipinski definition) is 0. The van der Waals surface area contributed by atoms with Crippen LogP contribution in [0.1, 0.15) is 30.1 Å². The Morgan fingerprint density at radius 3 is 3.05 bits per heavy atom. The zero-order valence-electron chi connectivity index (χ0n) is 13.0. The van der Waals surface area contributed by atoms with Gasteiger partial charge in [-0.25, -0.2) is 0 Å². The van der Waals surface area contributed by atoms with Crippen molar-refractivity contribution in [2.24, 2.45) is 11.8 Å². The van der Waals surface area contributed by atoms with Crippen molar-refractivity contribution < 1.29 is 4.48 Å². The first kappa shape index (κ1) is 13.2. The maximum atomic E-state index is 6.41. The monoisotopic (exact) mass is 313 g/mol. The zero-order valence-corrected chi connectivity index (χ0v) is 13.7. The number of nitrogens with one attached hydrogen (secondary N) is 1. The van der Waals surface area contributed by atoms with Crippen molar-refractivity contribution in [3.63, 3.8) is 0 Å². The van der Waals surface area contributed by atoms with E-state index in [1.807, 2.05) is 0 Å². The molecule has 5 rings (SSSR count). The summed E-state index contributed by atoms with van der Waals surface area (Å²) in [5.41, 5.74) is 4.39. The molecule has 1 aromatic heterocycles. The summed E-state index contributed by atoms with van der Waals surface area (Å²) in [7, 11) is 2.46. The minimum Gasteiger partial charge on any atom is -0.353 e.